The molecule has 0 fully saturated rings. The maximum atomic E-state index is 12.7. The van der Waals surface area contributed by atoms with E-state index in [-0.39, 0.29) is 23.5 Å². The summed E-state index contributed by atoms with van der Waals surface area (Å²) in [5.74, 6) is -1.68. The van der Waals surface area contributed by atoms with Crippen molar-refractivity contribution in [2.45, 2.75) is 13.0 Å². The maximum absolute atomic E-state index is 12.7. The molecule has 0 spiro atoms. The lowest BCUT2D eigenvalue weighted by Crippen LogP contribution is -2.37. The van der Waals surface area contributed by atoms with Crippen molar-refractivity contribution in [1.29, 1.82) is 0 Å². The second-order valence-electron chi connectivity index (χ2n) is 5.49. The fourth-order valence-electron chi connectivity index (χ4n) is 2.24. The van der Waals surface area contributed by atoms with Crippen LogP contribution in [0.15, 0.2) is 48.5 Å². The van der Waals surface area contributed by atoms with Crippen LogP contribution in [0.4, 0.5) is 0 Å². The van der Waals surface area contributed by atoms with Crippen LogP contribution in [0.25, 0.3) is 0 Å². The summed E-state index contributed by atoms with van der Waals surface area (Å²) in [6.45, 7) is 1.61. The fourth-order valence-corrected chi connectivity index (χ4v) is 2.24. The van der Waals surface area contributed by atoms with Crippen LogP contribution in [0.2, 0.25) is 0 Å². The summed E-state index contributed by atoms with van der Waals surface area (Å²) in [6, 6.07) is 13.4. The van der Waals surface area contributed by atoms with Crippen LogP contribution in [-0.4, -0.2) is 42.5 Å². The standard InChI is InChI=1S/C19H19NO5/c1-12-7-9-13(10-8-12)17(22)14-5-3-4-6-15(14)18(23)20-11-16(21)19(24)25-2/h3-10,16,21H,11H2,1-2H3,(H,20,23)/t16-/m0/s1. The predicted octanol–water partition coefficient (Wildman–Crippen LogP) is 1.49. The van der Waals surface area contributed by atoms with E-state index >= 15 is 0 Å². The van der Waals surface area contributed by atoms with E-state index in [0.29, 0.717) is 5.56 Å². The highest BCUT2D eigenvalue weighted by atomic mass is 16.5. The molecule has 0 heterocycles. The highest BCUT2D eigenvalue weighted by molar-refractivity contribution is 6.15. The van der Waals surface area contributed by atoms with Crippen molar-refractivity contribution in [2.75, 3.05) is 13.7 Å². The zero-order chi connectivity index (χ0) is 18.4. The molecule has 0 unspecified atom stereocenters. The molecule has 0 saturated heterocycles. The molecule has 0 aliphatic rings. The lowest BCUT2D eigenvalue weighted by atomic mass is 9.97. The van der Waals surface area contributed by atoms with E-state index in [9.17, 15) is 19.5 Å². The molecular weight excluding hydrogens is 322 g/mol. The van der Waals surface area contributed by atoms with Crippen LogP contribution in [0, 0.1) is 6.92 Å². The van der Waals surface area contributed by atoms with Gasteiger partial charge in [0.05, 0.1) is 19.2 Å². The Hall–Kier alpha value is -2.99. The summed E-state index contributed by atoms with van der Waals surface area (Å²) in [6.07, 6.45) is -1.46. The number of benzene rings is 2. The number of hydrogen-bond acceptors (Lipinski definition) is 5. The molecule has 1 amide bonds. The van der Waals surface area contributed by atoms with Gasteiger partial charge in [0.2, 0.25) is 0 Å². The molecule has 130 valence electrons. The number of nitrogens with one attached hydrogen (secondary N) is 1. The van der Waals surface area contributed by atoms with Crippen molar-refractivity contribution >= 4 is 17.7 Å². The molecule has 2 rings (SSSR count). The molecule has 2 N–H and O–H groups in total. The van der Waals surface area contributed by atoms with Gasteiger partial charge in [0.15, 0.2) is 11.9 Å². The van der Waals surface area contributed by atoms with E-state index in [2.05, 4.69) is 10.1 Å². The Morgan fingerprint density at radius 3 is 2.24 bits per heavy atom. The minimum Gasteiger partial charge on any atom is -0.467 e. The Morgan fingerprint density at radius 1 is 1.04 bits per heavy atom. The van der Waals surface area contributed by atoms with Gasteiger partial charge < -0.3 is 15.2 Å². The smallest absolute Gasteiger partial charge is 0.336 e. The molecule has 25 heavy (non-hydrogen) atoms. The molecular formula is C19H19NO5. The molecule has 0 radical (unpaired) electrons. The van der Waals surface area contributed by atoms with Crippen LogP contribution in [-0.2, 0) is 9.53 Å². The van der Waals surface area contributed by atoms with Crippen molar-refractivity contribution < 1.29 is 24.2 Å². The number of carbonyl (C=O) groups excluding carboxylic acids is 3. The average Bonchev–Trinajstić information content (AvgIpc) is 2.65. The first kappa shape index (κ1) is 18.4. The van der Waals surface area contributed by atoms with Crippen LogP contribution < -0.4 is 5.32 Å². The number of methoxy groups -OCH3 is 1. The zero-order valence-corrected chi connectivity index (χ0v) is 14.0. The fraction of sp³-hybridized carbons (Fsp3) is 0.211. The number of amides is 1. The lowest BCUT2D eigenvalue weighted by molar-refractivity contribution is -0.149. The Balaban J connectivity index is 2.19. The van der Waals surface area contributed by atoms with Gasteiger partial charge in [-0.05, 0) is 13.0 Å². The van der Waals surface area contributed by atoms with Gasteiger partial charge in [0.25, 0.3) is 5.91 Å². The molecule has 0 bridgehead atoms. The summed E-state index contributed by atoms with van der Waals surface area (Å²) in [5.41, 5.74) is 1.92. The number of rotatable bonds is 6. The normalized spacial score (nSPS) is 11.5. The monoisotopic (exact) mass is 341 g/mol. The van der Waals surface area contributed by atoms with Crippen molar-refractivity contribution in [1.82, 2.24) is 5.32 Å². The molecule has 0 aliphatic heterocycles. The van der Waals surface area contributed by atoms with Crippen LogP contribution in [0.5, 0.6) is 0 Å². The molecule has 0 aromatic heterocycles. The van der Waals surface area contributed by atoms with Crippen molar-refractivity contribution in [3.63, 3.8) is 0 Å². The summed E-state index contributed by atoms with van der Waals surface area (Å²) in [5, 5.41) is 12.0. The second kappa shape index (κ2) is 8.21. The largest absolute Gasteiger partial charge is 0.467 e. The SMILES string of the molecule is COC(=O)[C@@H](O)CNC(=O)c1ccccc1C(=O)c1ccc(C)cc1. The van der Waals surface area contributed by atoms with Crippen LogP contribution >= 0.6 is 0 Å². The Kier molecular flexibility index (Phi) is 6.03. The van der Waals surface area contributed by atoms with E-state index < -0.39 is 18.0 Å². The Labute approximate surface area is 145 Å². The molecule has 2 aromatic carbocycles. The minimum absolute atomic E-state index is 0.171. The van der Waals surface area contributed by atoms with Crippen molar-refractivity contribution in [3.05, 3.63) is 70.8 Å². The summed E-state index contributed by atoms with van der Waals surface area (Å²) in [7, 11) is 1.14. The number of aliphatic hydroxyl groups excluding tert-OH is 1. The highest BCUT2D eigenvalue weighted by Gasteiger charge is 2.20. The summed E-state index contributed by atoms with van der Waals surface area (Å²) < 4.78 is 4.39. The van der Waals surface area contributed by atoms with E-state index in [1.807, 2.05) is 19.1 Å². The van der Waals surface area contributed by atoms with Gasteiger partial charge in [0, 0.05) is 11.1 Å². The van der Waals surface area contributed by atoms with E-state index in [1.165, 1.54) is 6.07 Å². The van der Waals surface area contributed by atoms with E-state index in [1.54, 1.807) is 30.3 Å². The van der Waals surface area contributed by atoms with Gasteiger partial charge >= 0.3 is 5.97 Å². The van der Waals surface area contributed by atoms with Crippen LogP contribution in [0.1, 0.15) is 31.8 Å². The summed E-state index contributed by atoms with van der Waals surface area (Å²) >= 11 is 0. The van der Waals surface area contributed by atoms with Crippen LogP contribution in [0.3, 0.4) is 0 Å². The predicted molar refractivity (Wildman–Crippen MR) is 91.4 cm³/mol. The van der Waals surface area contributed by atoms with Crippen molar-refractivity contribution in [2.24, 2.45) is 0 Å². The first-order valence-corrected chi connectivity index (χ1v) is 7.68. The average molecular weight is 341 g/mol. The maximum Gasteiger partial charge on any atom is 0.336 e. The van der Waals surface area contributed by atoms with Gasteiger partial charge in [-0.15, -0.1) is 0 Å². The van der Waals surface area contributed by atoms with Gasteiger partial charge in [0.1, 0.15) is 0 Å². The van der Waals surface area contributed by atoms with E-state index in [0.717, 1.165) is 12.7 Å². The number of ketones is 1. The number of aliphatic hydroxyl groups is 1. The van der Waals surface area contributed by atoms with Gasteiger partial charge in [-0.25, -0.2) is 4.79 Å². The quantitative estimate of drug-likeness (QED) is 0.613. The molecule has 0 aliphatic carbocycles. The second-order valence-corrected chi connectivity index (χ2v) is 5.49. The van der Waals surface area contributed by atoms with Gasteiger partial charge in [-0.2, -0.15) is 0 Å². The molecule has 6 heteroatoms. The number of hydrogen-bond donors (Lipinski definition) is 2. The zero-order valence-electron chi connectivity index (χ0n) is 14.0. The minimum atomic E-state index is -1.46. The number of aryl methyl sites for hydroxylation is 1. The molecule has 2 aromatic rings. The third kappa shape index (κ3) is 4.51. The lowest BCUT2D eigenvalue weighted by Gasteiger charge is -2.12. The third-order valence-electron chi connectivity index (χ3n) is 3.66. The Bertz CT molecular complexity index is 783. The highest BCUT2D eigenvalue weighted by Crippen LogP contribution is 2.15. The Morgan fingerprint density at radius 2 is 1.64 bits per heavy atom. The number of esters is 1. The third-order valence-corrected chi connectivity index (χ3v) is 3.66. The topological polar surface area (TPSA) is 92.7 Å². The first-order chi connectivity index (χ1) is 11.9. The van der Waals surface area contributed by atoms with Gasteiger partial charge in [-0.3, -0.25) is 9.59 Å². The molecule has 6 nitrogen and oxygen atoms in total. The summed E-state index contributed by atoms with van der Waals surface area (Å²) in [4.78, 5) is 36.2. The van der Waals surface area contributed by atoms with E-state index in [4.69, 9.17) is 0 Å². The number of carbonyl (C=O) groups is 3. The number of ether oxygens (including phenoxy) is 1. The molecule has 0 saturated carbocycles. The molecule has 1 atom stereocenters. The van der Waals surface area contributed by atoms with Crippen molar-refractivity contribution in [3.8, 4) is 0 Å². The van der Waals surface area contributed by atoms with Gasteiger partial charge in [-0.1, -0.05) is 48.0 Å². The first-order valence-electron chi connectivity index (χ1n) is 7.68.